The summed E-state index contributed by atoms with van der Waals surface area (Å²) in [6.07, 6.45) is 30.1. The average molecular weight is 1210 g/mol. The molecule has 0 saturated heterocycles. The van der Waals surface area contributed by atoms with Gasteiger partial charge in [-0.3, -0.25) is 57.5 Å². The maximum Gasteiger partial charge on any atom is 0.248 e. The second-order valence-corrected chi connectivity index (χ2v) is 26.5. The molecule has 0 bridgehead atoms. The molecule has 9 rings (SSSR count). The lowest BCUT2D eigenvalue weighted by molar-refractivity contribution is -0.133. The molecular weight excluding hydrogens is 1120 g/mol. The summed E-state index contributed by atoms with van der Waals surface area (Å²) in [5.74, 6) is -2.37. The van der Waals surface area contributed by atoms with Crippen LogP contribution in [0.25, 0.3) is 0 Å². The summed E-state index contributed by atoms with van der Waals surface area (Å²) in [6, 6.07) is 6.68. The summed E-state index contributed by atoms with van der Waals surface area (Å²) in [4.78, 5) is 149. The largest absolute Gasteiger partial charge is 0.394 e. The van der Waals surface area contributed by atoms with Crippen molar-refractivity contribution in [2.24, 2.45) is 45.8 Å². The molecule has 476 valence electrons. The van der Waals surface area contributed by atoms with Gasteiger partial charge in [-0.15, -0.1) is 0 Å². The Hall–Kier alpha value is -6.98. The van der Waals surface area contributed by atoms with Gasteiger partial charge in [-0.25, -0.2) is 0 Å². The third-order valence-corrected chi connectivity index (χ3v) is 19.0. The predicted octanol–water partition coefficient (Wildman–Crippen LogP) is 8.66. The number of allylic oxidation sites excluding steroid dienone is 9. The number of aliphatic hydroxyl groups is 2. The highest BCUT2D eigenvalue weighted by atomic mass is 16.3. The van der Waals surface area contributed by atoms with Gasteiger partial charge in [0.1, 0.15) is 29.4 Å². The molecular formula is C71H93N3O14. The summed E-state index contributed by atoms with van der Waals surface area (Å²) < 4.78 is 0. The van der Waals surface area contributed by atoms with Crippen molar-refractivity contribution in [1.29, 1.82) is 0 Å². The minimum Gasteiger partial charge on any atom is -0.394 e. The van der Waals surface area contributed by atoms with Gasteiger partial charge in [0.15, 0.2) is 34.7 Å². The molecule has 0 aromatic heterocycles. The Morgan fingerprint density at radius 3 is 1.16 bits per heavy atom. The van der Waals surface area contributed by atoms with E-state index in [4.69, 9.17) is 0 Å². The first-order valence-electron chi connectivity index (χ1n) is 31.5. The summed E-state index contributed by atoms with van der Waals surface area (Å²) in [6.45, 7) is 6.47. The van der Waals surface area contributed by atoms with E-state index in [1.807, 2.05) is 51.1 Å². The van der Waals surface area contributed by atoms with Gasteiger partial charge in [-0.2, -0.15) is 0 Å². The third-order valence-electron chi connectivity index (χ3n) is 19.0. The molecule has 88 heavy (non-hydrogen) atoms. The molecule has 17 heteroatoms. The highest BCUT2D eigenvalue weighted by molar-refractivity contribution is 6.08. The SMILES string of the molecule is C.CC(NC(=O)C1=CC=CC(=O)C1)C(=O)CC(CC1CCCC1)C(=O)C1(C)CC1.CC1(C(=O)C(CC(=O)C(CO)NC(=O)C2=CC=CC(=O)C2)CC2CCCC2)CC1.CC1(C(=O)C(CC(=O)C(CO)NC(=O)C2=CC=CC(=O)C2)Cc2ccccc2)CC1. The number of aliphatic hydroxyl groups excluding tert-OH is 2. The highest BCUT2D eigenvalue weighted by Crippen LogP contribution is 2.51. The molecule has 0 heterocycles. The van der Waals surface area contributed by atoms with Crippen LogP contribution in [0.4, 0.5) is 0 Å². The van der Waals surface area contributed by atoms with Crippen molar-refractivity contribution in [1.82, 2.24) is 16.0 Å². The molecule has 8 aliphatic carbocycles. The fraction of sp³-hybridized carbons (Fsp3) is 0.577. The number of nitrogens with one attached hydrogen (secondary N) is 3. The predicted molar refractivity (Wildman–Crippen MR) is 333 cm³/mol. The molecule has 6 unspecified atom stereocenters. The van der Waals surface area contributed by atoms with Gasteiger partial charge in [0.2, 0.25) is 17.7 Å². The Morgan fingerprint density at radius 2 is 0.818 bits per heavy atom. The Kier molecular flexibility index (Phi) is 25.5. The van der Waals surface area contributed by atoms with Crippen molar-refractivity contribution in [3.05, 3.63) is 107 Å². The molecule has 0 aliphatic heterocycles. The average Bonchev–Trinajstić information content (AvgIpc) is 1.98. The van der Waals surface area contributed by atoms with Crippen LogP contribution < -0.4 is 16.0 Å². The number of benzene rings is 1. The Bertz CT molecular complexity index is 2990. The molecule has 1 aromatic rings. The van der Waals surface area contributed by atoms with E-state index >= 15 is 0 Å². The molecule has 0 radical (unpaired) electrons. The number of amides is 3. The highest BCUT2D eigenvalue weighted by Gasteiger charge is 2.50. The molecule has 1 aromatic carbocycles. The van der Waals surface area contributed by atoms with Crippen LogP contribution in [0.3, 0.4) is 0 Å². The van der Waals surface area contributed by atoms with Gasteiger partial charge in [-0.1, -0.05) is 146 Å². The van der Waals surface area contributed by atoms with Crippen LogP contribution in [0.1, 0.15) is 182 Å². The van der Waals surface area contributed by atoms with Gasteiger partial charge in [-0.05, 0) is 100 Å². The minimum absolute atomic E-state index is 0. The lowest BCUT2D eigenvalue weighted by atomic mass is 9.80. The van der Waals surface area contributed by atoms with Crippen molar-refractivity contribution >= 4 is 69.8 Å². The van der Waals surface area contributed by atoms with Crippen LogP contribution in [0.5, 0.6) is 0 Å². The number of hydrogen-bond donors (Lipinski definition) is 5. The zero-order valence-corrected chi connectivity index (χ0v) is 51.2. The van der Waals surface area contributed by atoms with Gasteiger partial charge >= 0.3 is 0 Å². The normalized spacial score (nSPS) is 21.2. The van der Waals surface area contributed by atoms with E-state index in [0.717, 1.165) is 82.6 Å². The number of hydrogen-bond acceptors (Lipinski definition) is 14. The number of rotatable bonds is 29. The number of ketones is 9. The molecule has 5 saturated carbocycles. The fourth-order valence-corrected chi connectivity index (χ4v) is 12.5. The summed E-state index contributed by atoms with van der Waals surface area (Å²) in [5, 5.41) is 27.1. The monoisotopic (exact) mass is 1210 g/mol. The van der Waals surface area contributed by atoms with Crippen LogP contribution >= 0.6 is 0 Å². The van der Waals surface area contributed by atoms with Gasteiger partial charge in [0, 0.05) is 89.2 Å². The fourth-order valence-electron chi connectivity index (χ4n) is 12.5. The van der Waals surface area contributed by atoms with Crippen molar-refractivity contribution < 1.29 is 67.7 Å². The van der Waals surface area contributed by atoms with Crippen molar-refractivity contribution in [2.45, 2.75) is 201 Å². The summed E-state index contributed by atoms with van der Waals surface area (Å²) in [5.41, 5.74) is 0.934. The summed E-state index contributed by atoms with van der Waals surface area (Å²) >= 11 is 0. The molecule has 0 spiro atoms. The van der Waals surface area contributed by atoms with Crippen LogP contribution in [-0.4, -0.2) is 111 Å². The topological polar surface area (TPSA) is 281 Å². The maximum atomic E-state index is 13.0. The van der Waals surface area contributed by atoms with Crippen LogP contribution in [0.2, 0.25) is 0 Å². The van der Waals surface area contributed by atoms with Gasteiger partial charge in [0.05, 0.1) is 19.3 Å². The third kappa shape index (κ3) is 20.3. The van der Waals surface area contributed by atoms with E-state index in [1.165, 1.54) is 68.2 Å². The number of carbonyl (C=O) groups excluding carboxylic acids is 12. The molecule has 17 nitrogen and oxygen atoms in total. The minimum atomic E-state index is -1.11. The first-order valence-corrected chi connectivity index (χ1v) is 31.5. The van der Waals surface area contributed by atoms with Crippen molar-refractivity contribution in [2.75, 3.05) is 13.2 Å². The molecule has 6 atom stereocenters. The van der Waals surface area contributed by atoms with E-state index in [-0.39, 0.29) is 143 Å². The zero-order valence-electron chi connectivity index (χ0n) is 51.2. The van der Waals surface area contributed by atoms with E-state index in [2.05, 4.69) is 16.0 Å². The van der Waals surface area contributed by atoms with Crippen LogP contribution in [0.15, 0.2) is 102 Å². The molecule has 8 aliphatic rings. The molecule has 5 N–H and O–H groups in total. The molecule has 3 amide bonds. The second-order valence-electron chi connectivity index (χ2n) is 26.5. The number of carbonyl (C=O) groups is 12. The smallest absolute Gasteiger partial charge is 0.248 e. The molecule has 5 fully saturated rings. The standard InChI is InChI=1S/C24H27NO5.C23H31NO5.C23H31NO4.CH4/c1-24(10-11-24)22(29)18(12-16-6-3-2-4-7-16)14-21(28)20(15-26)25-23(30)17-8-5-9-19(27)13-17;1-23(9-10-23)21(28)17(11-15-5-2-3-6-15)13-20(27)19(14-25)24-22(29)16-7-4-8-18(26)12-16;1-15(24-22(28)17-8-5-9-19(25)13-17)20(26)14-18(12-16-6-3-4-7-16)21(27)23(2)10-11-23;/h2-9,18,20,26H,10-15H2,1H3,(H,25,30);4,7-8,15,17,19,25H,2-3,5-6,9-14H2,1H3,(H,24,29);5,8-9,15-16,18H,3-4,6-7,10-14H2,1-2H3,(H,24,28);1H4. The van der Waals surface area contributed by atoms with E-state index in [0.29, 0.717) is 23.8 Å². The van der Waals surface area contributed by atoms with Crippen molar-refractivity contribution in [3.8, 4) is 0 Å². The van der Waals surface area contributed by atoms with Crippen molar-refractivity contribution in [3.63, 3.8) is 0 Å². The maximum absolute atomic E-state index is 13.0. The Morgan fingerprint density at radius 1 is 0.489 bits per heavy atom. The van der Waals surface area contributed by atoms with Gasteiger partial charge < -0.3 is 26.2 Å². The van der Waals surface area contributed by atoms with Gasteiger partial charge in [0.25, 0.3) is 0 Å². The van der Waals surface area contributed by atoms with E-state index < -0.39 is 49.1 Å². The summed E-state index contributed by atoms with van der Waals surface area (Å²) in [7, 11) is 0. The first-order chi connectivity index (χ1) is 41.4. The Balaban J connectivity index is 0.000000210. The Labute approximate surface area is 518 Å². The second kappa shape index (κ2) is 32.0. The number of Topliss-reactive ketones (excluding diaryl/α,β-unsaturated/α-hetero) is 6. The lowest BCUT2D eigenvalue weighted by Crippen LogP contribution is -2.45. The van der Waals surface area contributed by atoms with Crippen LogP contribution in [-0.2, 0) is 64.0 Å². The van der Waals surface area contributed by atoms with Crippen LogP contribution in [0, 0.1) is 45.8 Å². The van der Waals surface area contributed by atoms with E-state index in [9.17, 15) is 67.7 Å². The first kappa shape index (κ1) is 70.1. The lowest BCUT2D eigenvalue weighted by Gasteiger charge is -2.24. The quantitative estimate of drug-likeness (QED) is 0.0502. The van der Waals surface area contributed by atoms with E-state index in [1.54, 1.807) is 19.1 Å². The zero-order chi connectivity index (χ0) is 63.1.